The SMILES string of the molecule is CNC(C)c1cccc(F)c1OCC1CCCCO1. The van der Waals surface area contributed by atoms with Crippen molar-refractivity contribution in [1.82, 2.24) is 5.32 Å². The van der Waals surface area contributed by atoms with E-state index in [1.165, 1.54) is 6.07 Å². The third-order valence-corrected chi connectivity index (χ3v) is 3.58. The van der Waals surface area contributed by atoms with Crippen LogP contribution in [0.4, 0.5) is 4.39 Å². The summed E-state index contributed by atoms with van der Waals surface area (Å²) < 4.78 is 25.2. The van der Waals surface area contributed by atoms with Gasteiger partial charge in [0, 0.05) is 18.2 Å². The van der Waals surface area contributed by atoms with Gasteiger partial charge in [-0.2, -0.15) is 0 Å². The van der Waals surface area contributed by atoms with E-state index in [1.807, 2.05) is 20.0 Å². The highest BCUT2D eigenvalue weighted by molar-refractivity contribution is 5.37. The van der Waals surface area contributed by atoms with Crippen LogP contribution < -0.4 is 10.1 Å². The van der Waals surface area contributed by atoms with Gasteiger partial charge in [-0.1, -0.05) is 12.1 Å². The van der Waals surface area contributed by atoms with Crippen LogP contribution >= 0.6 is 0 Å². The lowest BCUT2D eigenvalue weighted by atomic mass is 10.1. The number of nitrogens with one attached hydrogen (secondary N) is 1. The van der Waals surface area contributed by atoms with Gasteiger partial charge >= 0.3 is 0 Å². The lowest BCUT2D eigenvalue weighted by molar-refractivity contribution is -0.0120. The number of hydrogen-bond acceptors (Lipinski definition) is 3. The van der Waals surface area contributed by atoms with Crippen molar-refractivity contribution in [2.45, 2.75) is 38.3 Å². The number of hydrogen-bond donors (Lipinski definition) is 1. The maximum absolute atomic E-state index is 13.9. The van der Waals surface area contributed by atoms with E-state index >= 15 is 0 Å². The minimum atomic E-state index is -0.310. The molecule has 2 atom stereocenters. The second kappa shape index (κ2) is 6.87. The average Bonchev–Trinajstić information content (AvgIpc) is 2.46. The van der Waals surface area contributed by atoms with Gasteiger partial charge in [0.1, 0.15) is 6.61 Å². The number of para-hydroxylation sites is 1. The summed E-state index contributed by atoms with van der Waals surface area (Å²) in [5, 5.41) is 3.11. The van der Waals surface area contributed by atoms with Gasteiger partial charge < -0.3 is 14.8 Å². The van der Waals surface area contributed by atoms with E-state index in [-0.39, 0.29) is 18.0 Å². The molecule has 1 saturated heterocycles. The largest absolute Gasteiger partial charge is 0.487 e. The minimum absolute atomic E-state index is 0.0537. The lowest BCUT2D eigenvalue weighted by Crippen LogP contribution is -2.26. The molecule has 19 heavy (non-hydrogen) atoms. The van der Waals surface area contributed by atoms with Crippen LogP contribution in [0.25, 0.3) is 0 Å². The molecule has 0 spiro atoms. The van der Waals surface area contributed by atoms with Crippen LogP contribution in [0.1, 0.15) is 37.8 Å². The van der Waals surface area contributed by atoms with E-state index in [1.54, 1.807) is 6.07 Å². The zero-order chi connectivity index (χ0) is 13.7. The molecule has 4 heteroatoms. The zero-order valence-corrected chi connectivity index (χ0v) is 11.6. The van der Waals surface area contributed by atoms with Crippen LogP contribution in [-0.2, 0) is 4.74 Å². The molecule has 0 radical (unpaired) electrons. The molecule has 1 aliphatic heterocycles. The molecule has 0 aromatic heterocycles. The Labute approximate surface area is 114 Å². The summed E-state index contributed by atoms with van der Waals surface area (Å²) in [7, 11) is 1.85. The van der Waals surface area contributed by atoms with Crippen LogP contribution in [-0.4, -0.2) is 26.4 Å². The molecule has 1 heterocycles. The Morgan fingerprint density at radius 1 is 1.47 bits per heavy atom. The highest BCUT2D eigenvalue weighted by Crippen LogP contribution is 2.28. The normalized spacial score (nSPS) is 21.1. The summed E-state index contributed by atoms with van der Waals surface area (Å²) in [5.74, 6) is 0.0360. The van der Waals surface area contributed by atoms with Gasteiger partial charge in [0.2, 0.25) is 0 Å². The van der Waals surface area contributed by atoms with E-state index in [0.717, 1.165) is 31.4 Å². The number of halogens is 1. The highest BCUT2D eigenvalue weighted by Gasteiger charge is 2.18. The molecule has 3 nitrogen and oxygen atoms in total. The first kappa shape index (κ1) is 14.3. The molecule has 1 fully saturated rings. The second-order valence-electron chi connectivity index (χ2n) is 4.97. The minimum Gasteiger partial charge on any atom is -0.487 e. The van der Waals surface area contributed by atoms with Crippen LogP contribution in [0, 0.1) is 5.82 Å². The maximum Gasteiger partial charge on any atom is 0.165 e. The van der Waals surface area contributed by atoms with Crippen molar-refractivity contribution in [3.8, 4) is 5.75 Å². The third-order valence-electron chi connectivity index (χ3n) is 3.58. The van der Waals surface area contributed by atoms with Crippen LogP contribution in [0.2, 0.25) is 0 Å². The first-order chi connectivity index (χ1) is 9.22. The summed E-state index contributed by atoms with van der Waals surface area (Å²) in [6, 6.07) is 5.09. The van der Waals surface area contributed by atoms with Crippen molar-refractivity contribution in [3.63, 3.8) is 0 Å². The predicted octanol–water partition coefficient (Wildman–Crippen LogP) is 3.05. The van der Waals surface area contributed by atoms with Crippen LogP contribution in [0.5, 0.6) is 5.75 Å². The van der Waals surface area contributed by atoms with Gasteiger partial charge in [0.25, 0.3) is 0 Å². The molecule has 0 saturated carbocycles. The molecule has 0 aliphatic carbocycles. The number of ether oxygens (including phenoxy) is 2. The highest BCUT2D eigenvalue weighted by atomic mass is 19.1. The Kier molecular flexibility index (Phi) is 5.16. The van der Waals surface area contributed by atoms with E-state index in [2.05, 4.69) is 5.32 Å². The fourth-order valence-corrected chi connectivity index (χ4v) is 2.29. The summed E-state index contributed by atoms with van der Waals surface area (Å²) in [6.45, 7) is 3.19. The Balaban J connectivity index is 2.05. The monoisotopic (exact) mass is 267 g/mol. The Hall–Kier alpha value is -1.13. The van der Waals surface area contributed by atoms with E-state index in [4.69, 9.17) is 9.47 Å². The van der Waals surface area contributed by atoms with Gasteiger partial charge in [-0.25, -0.2) is 4.39 Å². The van der Waals surface area contributed by atoms with Crippen molar-refractivity contribution in [2.24, 2.45) is 0 Å². The molecule has 1 aromatic rings. The van der Waals surface area contributed by atoms with Gasteiger partial charge in [0.15, 0.2) is 11.6 Å². The standard InChI is InChI=1S/C15H22FNO2/c1-11(17-2)13-7-5-8-14(16)15(13)19-10-12-6-3-4-9-18-12/h5,7-8,11-12,17H,3-4,6,9-10H2,1-2H3. The van der Waals surface area contributed by atoms with Crippen molar-refractivity contribution in [2.75, 3.05) is 20.3 Å². The van der Waals surface area contributed by atoms with Crippen molar-refractivity contribution < 1.29 is 13.9 Å². The second-order valence-corrected chi connectivity index (χ2v) is 4.97. The molecule has 1 N–H and O–H groups in total. The zero-order valence-electron chi connectivity index (χ0n) is 11.6. The third kappa shape index (κ3) is 3.67. The molecule has 1 aliphatic rings. The first-order valence-corrected chi connectivity index (χ1v) is 6.92. The first-order valence-electron chi connectivity index (χ1n) is 6.92. The number of benzene rings is 1. The van der Waals surface area contributed by atoms with Crippen LogP contribution in [0.15, 0.2) is 18.2 Å². The molecule has 1 aromatic carbocycles. The Bertz CT molecular complexity index is 405. The van der Waals surface area contributed by atoms with Crippen molar-refractivity contribution in [3.05, 3.63) is 29.6 Å². The topological polar surface area (TPSA) is 30.5 Å². The molecule has 0 amide bonds. The Morgan fingerprint density at radius 3 is 3.00 bits per heavy atom. The van der Waals surface area contributed by atoms with E-state index in [9.17, 15) is 4.39 Å². The molecule has 2 unspecified atom stereocenters. The van der Waals surface area contributed by atoms with Gasteiger partial charge in [-0.15, -0.1) is 0 Å². The van der Waals surface area contributed by atoms with Crippen LogP contribution in [0.3, 0.4) is 0 Å². The van der Waals surface area contributed by atoms with Gasteiger partial charge in [-0.05, 0) is 39.3 Å². The maximum atomic E-state index is 13.9. The molecule has 0 bridgehead atoms. The molecule has 2 rings (SSSR count). The number of rotatable bonds is 5. The predicted molar refractivity (Wildman–Crippen MR) is 73.0 cm³/mol. The average molecular weight is 267 g/mol. The Morgan fingerprint density at radius 2 is 2.32 bits per heavy atom. The smallest absolute Gasteiger partial charge is 0.165 e. The van der Waals surface area contributed by atoms with Gasteiger partial charge in [-0.3, -0.25) is 0 Å². The van der Waals surface area contributed by atoms with Gasteiger partial charge in [0.05, 0.1) is 6.10 Å². The van der Waals surface area contributed by atoms with E-state index < -0.39 is 0 Å². The van der Waals surface area contributed by atoms with Crippen molar-refractivity contribution >= 4 is 0 Å². The summed E-state index contributed by atoms with van der Waals surface area (Å²) in [5.41, 5.74) is 0.846. The van der Waals surface area contributed by atoms with Crippen molar-refractivity contribution in [1.29, 1.82) is 0 Å². The fourth-order valence-electron chi connectivity index (χ4n) is 2.29. The van der Waals surface area contributed by atoms with E-state index in [0.29, 0.717) is 12.4 Å². The summed E-state index contributed by atoms with van der Waals surface area (Å²) in [6.07, 6.45) is 3.35. The summed E-state index contributed by atoms with van der Waals surface area (Å²) >= 11 is 0. The lowest BCUT2D eigenvalue weighted by Gasteiger charge is -2.24. The molecular formula is C15H22FNO2. The fraction of sp³-hybridized carbons (Fsp3) is 0.600. The summed E-state index contributed by atoms with van der Waals surface area (Å²) in [4.78, 5) is 0. The molecular weight excluding hydrogens is 245 g/mol. The quantitative estimate of drug-likeness (QED) is 0.889. The molecule has 106 valence electrons.